The van der Waals surface area contributed by atoms with Gasteiger partial charge in [0.2, 0.25) is 0 Å². The van der Waals surface area contributed by atoms with E-state index in [4.69, 9.17) is 5.73 Å². The molecule has 6 nitrogen and oxygen atoms in total. The number of hydrogen-bond acceptors (Lipinski definition) is 4. The Kier molecular flexibility index (Phi) is 3.71. The Balaban J connectivity index is 2.90. The lowest BCUT2D eigenvalue weighted by atomic mass is 10.1. The number of hydrogen-bond donors (Lipinski definition) is 2. The molecular weight excluding hydrogens is 210 g/mol. The van der Waals surface area contributed by atoms with Gasteiger partial charge in [-0.1, -0.05) is 0 Å². The first-order valence-corrected chi connectivity index (χ1v) is 4.54. The first kappa shape index (κ1) is 11.8. The molecule has 0 saturated heterocycles. The topological polar surface area (TPSA) is 102 Å². The summed E-state index contributed by atoms with van der Waals surface area (Å²) in [6.07, 6.45) is 2.58. The fourth-order valence-corrected chi connectivity index (χ4v) is 1.09. The predicted molar refractivity (Wildman–Crippen MR) is 55.8 cm³/mol. The molecule has 0 aromatic carbocycles. The molecule has 0 atom stereocenters. The first-order valence-electron chi connectivity index (χ1n) is 4.54. The van der Waals surface area contributed by atoms with Crippen molar-refractivity contribution in [1.29, 1.82) is 0 Å². The largest absolute Gasteiger partial charge is 0.366 e. The van der Waals surface area contributed by atoms with Gasteiger partial charge in [-0.15, -0.1) is 0 Å². The summed E-state index contributed by atoms with van der Waals surface area (Å²) in [5, 5.41) is 2.37. The number of nitrogens with two attached hydrogens (primary N) is 1. The Bertz CT molecular complexity index is 443. The van der Waals surface area contributed by atoms with E-state index in [-0.39, 0.29) is 23.5 Å². The molecule has 0 spiro atoms. The number of carbonyl (C=O) groups is 3. The van der Waals surface area contributed by atoms with Crippen LogP contribution >= 0.6 is 0 Å². The number of carbonyl (C=O) groups excluding carboxylic acids is 3. The molecule has 0 aliphatic carbocycles. The van der Waals surface area contributed by atoms with E-state index < -0.39 is 11.8 Å². The second kappa shape index (κ2) is 5.01. The van der Waals surface area contributed by atoms with Gasteiger partial charge in [0, 0.05) is 12.4 Å². The van der Waals surface area contributed by atoms with Crippen LogP contribution in [0, 0.1) is 0 Å². The summed E-state index contributed by atoms with van der Waals surface area (Å²) in [4.78, 5) is 37.0. The molecule has 0 unspecified atom stereocenters. The van der Waals surface area contributed by atoms with E-state index in [0.29, 0.717) is 0 Å². The van der Waals surface area contributed by atoms with E-state index in [2.05, 4.69) is 10.3 Å². The van der Waals surface area contributed by atoms with Crippen LogP contribution in [0.1, 0.15) is 27.6 Å². The highest BCUT2D eigenvalue weighted by atomic mass is 16.2. The zero-order chi connectivity index (χ0) is 12.1. The highest BCUT2D eigenvalue weighted by Gasteiger charge is 2.14. The Hall–Kier alpha value is -2.24. The molecule has 2 amide bonds. The van der Waals surface area contributed by atoms with Crippen LogP contribution < -0.4 is 11.1 Å². The van der Waals surface area contributed by atoms with Crippen molar-refractivity contribution < 1.29 is 14.4 Å². The molecule has 1 aromatic heterocycles. The third-order valence-electron chi connectivity index (χ3n) is 1.83. The molecule has 6 heteroatoms. The summed E-state index contributed by atoms with van der Waals surface area (Å²) in [5.41, 5.74) is 5.23. The van der Waals surface area contributed by atoms with Crippen LogP contribution in [0.5, 0.6) is 0 Å². The Morgan fingerprint density at radius 1 is 1.38 bits per heavy atom. The lowest BCUT2D eigenvalue weighted by Gasteiger charge is -2.05. The number of nitrogens with zero attached hydrogens (tertiary/aromatic N) is 1. The van der Waals surface area contributed by atoms with E-state index in [9.17, 15) is 14.4 Å². The number of Topliss-reactive ketones (excluding diaryl/α,β-unsaturated/α-hetero) is 1. The van der Waals surface area contributed by atoms with Crippen LogP contribution in [0.3, 0.4) is 0 Å². The number of nitrogens with one attached hydrogen (secondary N) is 1. The number of aromatic nitrogens is 1. The van der Waals surface area contributed by atoms with Gasteiger partial charge in [-0.05, 0) is 13.0 Å². The lowest BCUT2D eigenvalue weighted by Crippen LogP contribution is -2.30. The van der Waals surface area contributed by atoms with Gasteiger partial charge in [0.1, 0.15) is 5.78 Å². The molecule has 0 bridgehead atoms. The second-order valence-electron chi connectivity index (χ2n) is 3.17. The van der Waals surface area contributed by atoms with Gasteiger partial charge in [-0.25, -0.2) is 0 Å². The Morgan fingerprint density at radius 2 is 2.06 bits per heavy atom. The van der Waals surface area contributed by atoms with Crippen molar-refractivity contribution in [2.24, 2.45) is 5.73 Å². The van der Waals surface area contributed by atoms with Crippen molar-refractivity contribution in [3.63, 3.8) is 0 Å². The molecule has 3 N–H and O–H groups in total. The maximum Gasteiger partial charge on any atom is 0.252 e. The normalized spacial score (nSPS) is 9.56. The molecule has 0 saturated carbocycles. The summed E-state index contributed by atoms with van der Waals surface area (Å²) in [5.74, 6) is -1.43. The summed E-state index contributed by atoms with van der Waals surface area (Å²) in [7, 11) is 0. The highest BCUT2D eigenvalue weighted by molar-refractivity contribution is 6.07. The summed E-state index contributed by atoms with van der Waals surface area (Å²) in [6, 6.07) is 1.37. The number of amides is 2. The highest BCUT2D eigenvalue weighted by Crippen LogP contribution is 2.05. The van der Waals surface area contributed by atoms with Crippen molar-refractivity contribution in [1.82, 2.24) is 10.3 Å². The van der Waals surface area contributed by atoms with E-state index >= 15 is 0 Å². The quantitative estimate of drug-likeness (QED) is 0.715. The lowest BCUT2D eigenvalue weighted by molar-refractivity contribution is -0.116. The monoisotopic (exact) mass is 221 g/mol. The number of primary amides is 1. The molecule has 0 fully saturated rings. The van der Waals surface area contributed by atoms with Crippen LogP contribution in [0.2, 0.25) is 0 Å². The van der Waals surface area contributed by atoms with Crippen LogP contribution in [0.4, 0.5) is 0 Å². The minimum Gasteiger partial charge on any atom is -0.366 e. The fourth-order valence-electron chi connectivity index (χ4n) is 1.09. The van der Waals surface area contributed by atoms with Crippen LogP contribution in [-0.4, -0.2) is 29.1 Å². The minimum absolute atomic E-state index is 0.0311. The van der Waals surface area contributed by atoms with Gasteiger partial charge in [0.25, 0.3) is 11.8 Å². The van der Waals surface area contributed by atoms with Gasteiger partial charge in [0.15, 0.2) is 0 Å². The predicted octanol–water partition coefficient (Wildman–Crippen LogP) is -0.501. The average molecular weight is 221 g/mol. The Labute approximate surface area is 91.9 Å². The smallest absolute Gasteiger partial charge is 0.252 e. The van der Waals surface area contributed by atoms with Crippen molar-refractivity contribution in [2.75, 3.05) is 6.54 Å². The van der Waals surface area contributed by atoms with E-state index in [1.165, 1.54) is 25.4 Å². The summed E-state index contributed by atoms with van der Waals surface area (Å²) in [6.45, 7) is 1.27. The molecular formula is C10H11N3O3. The first-order chi connectivity index (χ1) is 7.52. The van der Waals surface area contributed by atoms with E-state index in [1.54, 1.807) is 0 Å². The Morgan fingerprint density at radius 3 is 2.62 bits per heavy atom. The summed E-state index contributed by atoms with van der Waals surface area (Å²) >= 11 is 0. The number of ketones is 1. The zero-order valence-electron chi connectivity index (χ0n) is 8.69. The van der Waals surface area contributed by atoms with Gasteiger partial charge in [-0.2, -0.15) is 0 Å². The maximum atomic E-state index is 11.6. The zero-order valence-corrected chi connectivity index (χ0v) is 8.69. The molecule has 1 heterocycles. The molecule has 16 heavy (non-hydrogen) atoms. The van der Waals surface area contributed by atoms with Crippen LogP contribution in [0.15, 0.2) is 18.5 Å². The van der Waals surface area contributed by atoms with Gasteiger partial charge in [0.05, 0.1) is 17.7 Å². The molecule has 0 aliphatic heterocycles. The standard InChI is InChI=1S/C10H11N3O3/c1-6(14)4-13-10(16)7-2-3-12-5-8(7)9(11)15/h2-3,5H,4H2,1H3,(H2,11,15)(H,13,16). The summed E-state index contributed by atoms with van der Waals surface area (Å²) < 4.78 is 0. The fraction of sp³-hybridized carbons (Fsp3) is 0.200. The van der Waals surface area contributed by atoms with Crippen molar-refractivity contribution in [3.8, 4) is 0 Å². The maximum absolute atomic E-state index is 11.6. The third-order valence-corrected chi connectivity index (χ3v) is 1.83. The van der Waals surface area contributed by atoms with E-state index in [0.717, 1.165) is 0 Å². The molecule has 0 aliphatic rings. The van der Waals surface area contributed by atoms with Crippen molar-refractivity contribution in [2.45, 2.75) is 6.92 Å². The molecule has 1 rings (SSSR count). The molecule has 0 radical (unpaired) electrons. The van der Waals surface area contributed by atoms with Gasteiger partial charge in [-0.3, -0.25) is 19.4 Å². The molecule has 1 aromatic rings. The average Bonchev–Trinajstić information content (AvgIpc) is 2.25. The van der Waals surface area contributed by atoms with Crippen LogP contribution in [0.25, 0.3) is 0 Å². The van der Waals surface area contributed by atoms with Gasteiger partial charge < -0.3 is 11.1 Å². The third kappa shape index (κ3) is 2.88. The number of pyridine rings is 1. The SMILES string of the molecule is CC(=O)CNC(=O)c1ccncc1C(N)=O. The van der Waals surface area contributed by atoms with E-state index in [1.807, 2.05) is 0 Å². The van der Waals surface area contributed by atoms with Crippen molar-refractivity contribution >= 4 is 17.6 Å². The van der Waals surface area contributed by atoms with Gasteiger partial charge >= 0.3 is 0 Å². The van der Waals surface area contributed by atoms with Crippen molar-refractivity contribution in [3.05, 3.63) is 29.6 Å². The minimum atomic E-state index is -0.735. The second-order valence-corrected chi connectivity index (χ2v) is 3.17. The number of rotatable bonds is 4. The van der Waals surface area contributed by atoms with Crippen LogP contribution in [-0.2, 0) is 4.79 Å². The molecule has 84 valence electrons.